The summed E-state index contributed by atoms with van der Waals surface area (Å²) in [7, 11) is 0. The molecule has 0 spiro atoms. The summed E-state index contributed by atoms with van der Waals surface area (Å²) in [6.07, 6.45) is 15.4. The minimum absolute atomic E-state index is 0.0666. The van der Waals surface area contributed by atoms with Crippen molar-refractivity contribution in [1.82, 2.24) is 22.8 Å². The molecule has 0 amide bonds. The van der Waals surface area contributed by atoms with Crippen LogP contribution >= 0.6 is 0 Å². The maximum absolute atomic E-state index is 2.59. The lowest BCUT2D eigenvalue weighted by Gasteiger charge is -2.42. The normalized spacial score (nSPS) is 19.0. The van der Waals surface area contributed by atoms with E-state index >= 15 is 0 Å². The van der Waals surface area contributed by atoms with Crippen molar-refractivity contribution >= 4 is 82.4 Å². The average molecular weight is 952 g/mol. The van der Waals surface area contributed by atoms with E-state index in [0.717, 1.165) is 23.5 Å². The topological polar surface area (TPSA) is 24.6 Å². The Morgan fingerprint density at radius 1 is 0.419 bits per heavy atom. The van der Waals surface area contributed by atoms with Crippen LogP contribution in [0.4, 0.5) is 0 Å². The second kappa shape index (κ2) is 14.9. The van der Waals surface area contributed by atoms with E-state index < -0.39 is 0 Å². The maximum Gasteiger partial charge on any atom is 0.0548 e. The summed E-state index contributed by atoms with van der Waals surface area (Å²) in [5.74, 6) is 0.912. The number of rotatable bonds is 5. The molecule has 8 aromatic carbocycles. The first-order valence-electron chi connectivity index (χ1n) is 26.3. The van der Waals surface area contributed by atoms with E-state index in [0.29, 0.717) is 11.8 Å². The fraction of sp³-hybridized carbons (Fsp3) is 0.130. The molecule has 0 N–H and O–H groups in total. The number of fused-ring (bicyclic) bond motifs is 14. The predicted octanol–water partition coefficient (Wildman–Crippen LogP) is 17.5. The van der Waals surface area contributed by atoms with Crippen LogP contribution in [-0.4, -0.2) is 22.8 Å². The lowest BCUT2D eigenvalue weighted by atomic mass is 9.62. The SMILES string of the molecule is CC1CC=CC2=C1C(C)(C)C1C=Cc3c(n(-c4ccc(-n5ccc6cc7c(ccn7-c7ccc(-n8c9ccccc9c9cc%10c(cc98)c8ccccc8n%10-c8ccccc8)cc7)cc65)cc4)c4ccccc34)C21C. The summed E-state index contributed by atoms with van der Waals surface area (Å²) in [4.78, 5) is 0. The Morgan fingerprint density at radius 3 is 1.46 bits per heavy atom. The number of allylic oxidation sites excluding steroid dienone is 5. The lowest BCUT2D eigenvalue weighted by Crippen LogP contribution is -2.38. The molecule has 74 heavy (non-hydrogen) atoms. The zero-order chi connectivity index (χ0) is 49.2. The molecule has 354 valence electrons. The van der Waals surface area contributed by atoms with Crippen molar-refractivity contribution in [2.75, 3.05) is 0 Å². The molecule has 5 heteroatoms. The first-order chi connectivity index (χ1) is 36.3. The van der Waals surface area contributed by atoms with Crippen molar-refractivity contribution in [3.63, 3.8) is 0 Å². The molecule has 0 bridgehead atoms. The number of aromatic nitrogens is 5. The Kier molecular flexibility index (Phi) is 8.41. The second-order valence-corrected chi connectivity index (χ2v) is 22.0. The van der Waals surface area contributed by atoms with E-state index in [2.05, 4.69) is 275 Å². The highest BCUT2D eigenvalue weighted by molar-refractivity contribution is 6.19. The van der Waals surface area contributed by atoms with Gasteiger partial charge >= 0.3 is 0 Å². The van der Waals surface area contributed by atoms with Gasteiger partial charge in [0.15, 0.2) is 0 Å². The Balaban J connectivity index is 0.758. The molecule has 16 rings (SSSR count). The summed E-state index contributed by atoms with van der Waals surface area (Å²) < 4.78 is 12.1. The molecule has 0 saturated carbocycles. The molecule has 0 aliphatic heterocycles. The van der Waals surface area contributed by atoms with Gasteiger partial charge in [0.25, 0.3) is 0 Å². The average Bonchev–Trinajstić information content (AvgIpc) is 4.33. The number of benzene rings is 8. The van der Waals surface area contributed by atoms with E-state index in [-0.39, 0.29) is 10.8 Å². The maximum atomic E-state index is 2.59. The molecule has 3 aliphatic rings. The van der Waals surface area contributed by atoms with Crippen LogP contribution in [0.1, 0.15) is 45.4 Å². The minimum Gasteiger partial charge on any atom is -0.317 e. The van der Waals surface area contributed by atoms with E-state index in [4.69, 9.17) is 0 Å². The lowest BCUT2D eigenvalue weighted by molar-refractivity contribution is 0.252. The van der Waals surface area contributed by atoms with Gasteiger partial charge in [0.05, 0.1) is 38.6 Å². The molecule has 13 aromatic rings. The summed E-state index contributed by atoms with van der Waals surface area (Å²) in [5.41, 5.74) is 20.1. The van der Waals surface area contributed by atoms with Gasteiger partial charge in [0, 0.05) is 101 Å². The molecule has 3 atom stereocenters. The van der Waals surface area contributed by atoms with Crippen molar-refractivity contribution in [3.05, 3.63) is 241 Å². The van der Waals surface area contributed by atoms with Crippen LogP contribution in [0, 0.1) is 17.3 Å². The van der Waals surface area contributed by atoms with Gasteiger partial charge in [-0.2, -0.15) is 0 Å². The van der Waals surface area contributed by atoms with Crippen LogP contribution in [0.15, 0.2) is 230 Å². The van der Waals surface area contributed by atoms with Crippen LogP contribution in [0.2, 0.25) is 0 Å². The highest BCUT2D eigenvalue weighted by Gasteiger charge is 2.58. The smallest absolute Gasteiger partial charge is 0.0548 e. The molecular weight excluding hydrogens is 899 g/mol. The number of nitrogens with zero attached hydrogens (tertiary/aromatic N) is 5. The van der Waals surface area contributed by atoms with Crippen LogP contribution < -0.4 is 0 Å². The second-order valence-electron chi connectivity index (χ2n) is 22.0. The highest BCUT2D eigenvalue weighted by atomic mass is 15.0. The largest absolute Gasteiger partial charge is 0.317 e. The van der Waals surface area contributed by atoms with E-state index in [1.807, 2.05) is 0 Å². The van der Waals surface area contributed by atoms with Gasteiger partial charge < -0.3 is 22.8 Å². The van der Waals surface area contributed by atoms with Crippen molar-refractivity contribution < 1.29 is 0 Å². The molecule has 0 radical (unpaired) electrons. The Morgan fingerprint density at radius 2 is 0.892 bits per heavy atom. The fourth-order valence-corrected chi connectivity index (χ4v) is 14.8. The third kappa shape index (κ3) is 5.48. The van der Waals surface area contributed by atoms with Gasteiger partial charge in [-0.15, -0.1) is 0 Å². The van der Waals surface area contributed by atoms with E-state index in [9.17, 15) is 0 Å². The fourth-order valence-electron chi connectivity index (χ4n) is 14.8. The van der Waals surface area contributed by atoms with E-state index in [1.165, 1.54) is 105 Å². The quantitative estimate of drug-likeness (QED) is 0.164. The summed E-state index contributed by atoms with van der Waals surface area (Å²) in [5, 5.41) is 8.73. The van der Waals surface area contributed by atoms with Crippen LogP contribution in [0.5, 0.6) is 0 Å². The van der Waals surface area contributed by atoms with Crippen molar-refractivity contribution in [3.8, 4) is 28.4 Å². The highest BCUT2D eigenvalue weighted by Crippen LogP contribution is 2.65. The van der Waals surface area contributed by atoms with Gasteiger partial charge in [-0.1, -0.05) is 123 Å². The molecular formula is C69H53N5. The Bertz CT molecular complexity index is 4610. The van der Waals surface area contributed by atoms with Crippen LogP contribution in [0.25, 0.3) is 111 Å². The molecule has 0 fully saturated rings. The summed E-state index contributed by atoms with van der Waals surface area (Å²) in [6, 6.07) is 69.8. The van der Waals surface area contributed by atoms with Gasteiger partial charge in [0.1, 0.15) is 0 Å². The number of hydrogen-bond donors (Lipinski definition) is 0. The van der Waals surface area contributed by atoms with Gasteiger partial charge in [0.2, 0.25) is 0 Å². The first kappa shape index (κ1) is 41.8. The van der Waals surface area contributed by atoms with Crippen LogP contribution in [0.3, 0.4) is 0 Å². The molecule has 3 unspecified atom stereocenters. The van der Waals surface area contributed by atoms with Gasteiger partial charge in [-0.3, -0.25) is 0 Å². The summed E-state index contributed by atoms with van der Waals surface area (Å²) in [6.45, 7) is 9.94. The predicted molar refractivity (Wildman–Crippen MR) is 309 cm³/mol. The Labute approximate surface area is 429 Å². The molecule has 0 saturated heterocycles. The van der Waals surface area contributed by atoms with Crippen molar-refractivity contribution in [2.45, 2.75) is 39.5 Å². The Hall–Kier alpha value is -8.80. The number of hydrogen-bond acceptors (Lipinski definition) is 0. The molecule has 5 aromatic heterocycles. The minimum atomic E-state index is -0.154. The van der Waals surface area contributed by atoms with Crippen LogP contribution in [-0.2, 0) is 5.41 Å². The third-order valence-corrected chi connectivity index (χ3v) is 17.8. The molecule has 3 aliphatic carbocycles. The molecule has 5 heterocycles. The zero-order valence-corrected chi connectivity index (χ0v) is 42.0. The monoisotopic (exact) mass is 951 g/mol. The summed E-state index contributed by atoms with van der Waals surface area (Å²) >= 11 is 0. The first-order valence-corrected chi connectivity index (χ1v) is 26.3. The van der Waals surface area contributed by atoms with Crippen molar-refractivity contribution in [2.24, 2.45) is 17.3 Å². The molecule has 5 nitrogen and oxygen atoms in total. The van der Waals surface area contributed by atoms with E-state index in [1.54, 1.807) is 5.57 Å². The van der Waals surface area contributed by atoms with Crippen molar-refractivity contribution in [1.29, 1.82) is 0 Å². The standard InChI is InChI=1S/C69H53N5/c1-43-15-14-21-57-66(43)68(2,3)65-34-33-54-51-18-8-13-24-60(51)74(67(54)69(57,65)4)50-31-27-47(28-32-50)71-38-36-45-39-61-44(40-62(45)71)35-37-70(61)46-25-29-49(30-26-46)73-59-23-12-10-20-53(59)56-41-63-55(42-64(56)73)52-19-9-11-22-58(52)72(63)48-16-6-5-7-17-48/h5-14,16-43,65H,15H2,1-4H3. The third-order valence-electron chi connectivity index (χ3n) is 17.8. The zero-order valence-electron chi connectivity index (χ0n) is 42.0. The van der Waals surface area contributed by atoms with Gasteiger partial charge in [-0.25, -0.2) is 0 Å². The van der Waals surface area contributed by atoms with Gasteiger partial charge in [-0.05, 0) is 146 Å². The number of para-hydroxylation sites is 4.